The van der Waals surface area contributed by atoms with Crippen molar-refractivity contribution in [3.05, 3.63) is 35.0 Å². The van der Waals surface area contributed by atoms with Crippen LogP contribution >= 0.6 is 24.0 Å². The summed E-state index contributed by atoms with van der Waals surface area (Å²) < 4.78 is 5.63. The normalized spacial score (nSPS) is 23.9. The van der Waals surface area contributed by atoms with E-state index in [1.54, 1.807) is 6.26 Å². The third kappa shape index (κ3) is 2.25. The van der Waals surface area contributed by atoms with E-state index in [0.29, 0.717) is 16.9 Å². The number of hydrogen-bond donors (Lipinski definition) is 1. The molecular weight excluding hydrogens is 269 g/mol. The van der Waals surface area contributed by atoms with Crippen molar-refractivity contribution in [2.75, 3.05) is 13.1 Å². The smallest absolute Gasteiger partial charge is 0.138 e. The first-order valence-electron chi connectivity index (χ1n) is 6.13. The molecule has 4 heteroatoms. The molecule has 1 aliphatic rings. The molecule has 98 valence electrons. The van der Waals surface area contributed by atoms with Gasteiger partial charge in [0.2, 0.25) is 0 Å². The van der Waals surface area contributed by atoms with E-state index in [4.69, 9.17) is 16.0 Å². The number of rotatable bonds is 1. The van der Waals surface area contributed by atoms with Crippen LogP contribution in [0.2, 0.25) is 5.02 Å². The maximum absolute atomic E-state index is 6.11. The highest BCUT2D eigenvalue weighted by atomic mass is 35.5. The number of hydrogen-bond acceptors (Lipinski definition) is 2. The monoisotopic (exact) mass is 285 g/mol. The average Bonchev–Trinajstić information content (AvgIpc) is 2.72. The molecule has 0 aliphatic carbocycles. The van der Waals surface area contributed by atoms with Gasteiger partial charge >= 0.3 is 0 Å². The van der Waals surface area contributed by atoms with Crippen molar-refractivity contribution >= 4 is 35.0 Å². The molecule has 0 amide bonds. The summed E-state index contributed by atoms with van der Waals surface area (Å²) in [6.45, 7) is 4.45. The largest absolute Gasteiger partial charge is 0.462 e. The molecule has 1 saturated heterocycles. The zero-order valence-electron chi connectivity index (χ0n) is 10.3. The second-order valence-corrected chi connectivity index (χ2v) is 5.29. The number of halogens is 2. The quantitative estimate of drug-likeness (QED) is 0.849. The van der Waals surface area contributed by atoms with Crippen LogP contribution in [0.25, 0.3) is 11.0 Å². The third-order valence-electron chi connectivity index (χ3n) is 3.77. The van der Waals surface area contributed by atoms with Crippen molar-refractivity contribution in [2.24, 2.45) is 5.92 Å². The van der Waals surface area contributed by atoms with Gasteiger partial charge in [0.25, 0.3) is 0 Å². The van der Waals surface area contributed by atoms with E-state index in [9.17, 15) is 0 Å². The van der Waals surface area contributed by atoms with Gasteiger partial charge in [-0.05, 0) is 43.0 Å². The van der Waals surface area contributed by atoms with Crippen molar-refractivity contribution in [1.29, 1.82) is 0 Å². The lowest BCUT2D eigenvalue weighted by Crippen LogP contribution is -2.33. The van der Waals surface area contributed by atoms with Crippen LogP contribution in [0.4, 0.5) is 0 Å². The van der Waals surface area contributed by atoms with E-state index in [1.165, 1.54) is 12.0 Å². The lowest BCUT2D eigenvalue weighted by molar-refractivity contribution is 0.349. The summed E-state index contributed by atoms with van der Waals surface area (Å²) >= 11 is 6.11. The second-order valence-electron chi connectivity index (χ2n) is 4.88. The van der Waals surface area contributed by atoms with Gasteiger partial charge in [0.05, 0.1) is 5.02 Å². The van der Waals surface area contributed by atoms with Crippen molar-refractivity contribution in [1.82, 2.24) is 5.32 Å². The molecule has 0 spiro atoms. The van der Waals surface area contributed by atoms with Crippen LogP contribution in [0.1, 0.15) is 24.8 Å². The highest BCUT2D eigenvalue weighted by Gasteiger charge is 2.25. The topological polar surface area (TPSA) is 25.2 Å². The maximum atomic E-state index is 6.11. The molecule has 1 aromatic heterocycles. The van der Waals surface area contributed by atoms with Crippen molar-refractivity contribution < 1.29 is 4.42 Å². The number of furan rings is 1. The highest BCUT2D eigenvalue weighted by molar-refractivity contribution is 6.35. The van der Waals surface area contributed by atoms with Gasteiger partial charge in [-0.15, -0.1) is 12.4 Å². The first-order chi connectivity index (χ1) is 8.27. The van der Waals surface area contributed by atoms with Gasteiger partial charge < -0.3 is 9.73 Å². The molecule has 1 N–H and O–H groups in total. The Morgan fingerprint density at radius 3 is 3.00 bits per heavy atom. The van der Waals surface area contributed by atoms with Gasteiger partial charge in [-0.25, -0.2) is 0 Å². The van der Waals surface area contributed by atoms with Crippen LogP contribution in [0.15, 0.2) is 28.9 Å². The molecule has 0 saturated carbocycles. The van der Waals surface area contributed by atoms with Gasteiger partial charge in [0.15, 0.2) is 0 Å². The molecule has 1 aromatic carbocycles. The maximum Gasteiger partial charge on any atom is 0.138 e. The fraction of sp³-hybridized carbons (Fsp3) is 0.429. The van der Waals surface area contributed by atoms with E-state index < -0.39 is 0 Å². The summed E-state index contributed by atoms with van der Waals surface area (Å²) in [6, 6.07) is 6.28. The molecule has 18 heavy (non-hydrogen) atoms. The van der Waals surface area contributed by atoms with E-state index in [1.807, 2.05) is 6.07 Å². The summed E-state index contributed by atoms with van der Waals surface area (Å²) in [5, 5.41) is 5.18. The Bertz CT molecular complexity index is 538. The Hall–Kier alpha value is -0.700. The molecule has 1 aliphatic heterocycles. The minimum atomic E-state index is 0. The van der Waals surface area contributed by atoms with Crippen LogP contribution in [-0.4, -0.2) is 13.1 Å². The van der Waals surface area contributed by atoms with Crippen molar-refractivity contribution in [3.8, 4) is 0 Å². The molecule has 2 atom stereocenters. The lowest BCUT2D eigenvalue weighted by atomic mass is 9.82. The minimum Gasteiger partial charge on any atom is -0.462 e. The molecule has 0 bridgehead atoms. The van der Waals surface area contributed by atoms with Crippen molar-refractivity contribution in [2.45, 2.75) is 19.3 Å². The predicted octanol–water partition coefficient (Wildman–Crippen LogP) is 4.22. The second kappa shape index (κ2) is 5.52. The number of nitrogens with one attached hydrogen (secondary N) is 1. The van der Waals surface area contributed by atoms with Gasteiger partial charge in [0.1, 0.15) is 11.8 Å². The van der Waals surface area contributed by atoms with Crippen molar-refractivity contribution in [3.63, 3.8) is 0 Å². The molecule has 2 aromatic rings. The first kappa shape index (κ1) is 13.7. The Balaban J connectivity index is 0.00000120. The summed E-state index contributed by atoms with van der Waals surface area (Å²) in [6.07, 6.45) is 2.81. The third-order valence-corrected chi connectivity index (χ3v) is 4.06. The molecule has 0 unspecified atom stereocenters. The fourth-order valence-electron chi connectivity index (χ4n) is 2.82. The summed E-state index contributed by atoms with van der Waals surface area (Å²) in [5.41, 5.74) is 2.28. The predicted molar refractivity (Wildman–Crippen MR) is 77.9 cm³/mol. The lowest BCUT2D eigenvalue weighted by Gasteiger charge is -2.29. The van der Waals surface area contributed by atoms with E-state index in [0.717, 1.165) is 24.1 Å². The number of para-hydroxylation sites is 1. The highest BCUT2D eigenvalue weighted by Crippen LogP contribution is 2.37. The number of benzene rings is 1. The van der Waals surface area contributed by atoms with Crippen LogP contribution < -0.4 is 5.32 Å². The summed E-state index contributed by atoms with van der Waals surface area (Å²) in [4.78, 5) is 0. The van der Waals surface area contributed by atoms with Gasteiger partial charge in [-0.2, -0.15) is 0 Å². The number of piperidine rings is 1. The fourth-order valence-corrected chi connectivity index (χ4v) is 3.01. The van der Waals surface area contributed by atoms with Crippen LogP contribution in [0, 0.1) is 5.92 Å². The van der Waals surface area contributed by atoms with Crippen LogP contribution in [0.3, 0.4) is 0 Å². The zero-order valence-corrected chi connectivity index (χ0v) is 11.9. The van der Waals surface area contributed by atoms with E-state index >= 15 is 0 Å². The minimum absolute atomic E-state index is 0. The van der Waals surface area contributed by atoms with Gasteiger partial charge in [-0.3, -0.25) is 0 Å². The van der Waals surface area contributed by atoms with Gasteiger partial charge in [0, 0.05) is 5.39 Å². The Kier molecular flexibility index (Phi) is 4.21. The summed E-state index contributed by atoms with van der Waals surface area (Å²) in [7, 11) is 0. The molecule has 3 rings (SSSR count). The van der Waals surface area contributed by atoms with Crippen LogP contribution in [-0.2, 0) is 0 Å². The Morgan fingerprint density at radius 1 is 1.39 bits per heavy atom. The van der Waals surface area contributed by atoms with E-state index in [2.05, 4.69) is 24.4 Å². The average molecular weight is 286 g/mol. The Morgan fingerprint density at radius 2 is 2.22 bits per heavy atom. The Labute approximate surface area is 118 Å². The molecule has 2 nitrogen and oxygen atoms in total. The molecule has 2 heterocycles. The number of fused-ring (bicyclic) bond motifs is 1. The molecular formula is C14H17Cl2NO. The van der Waals surface area contributed by atoms with Crippen LogP contribution in [0.5, 0.6) is 0 Å². The first-order valence-corrected chi connectivity index (χ1v) is 6.51. The molecule has 1 fully saturated rings. The molecule has 0 radical (unpaired) electrons. The standard InChI is InChI=1S/C14H16ClNO.ClH/c1-9-7-16-6-5-10(9)11-3-2-4-12-13(15)8-17-14(11)12;/h2-4,8-10,16H,5-7H2,1H3;1H/t9-,10+;/m0./s1. The SMILES string of the molecule is C[C@H]1CNCC[C@H]1c1cccc2c(Cl)coc12.Cl. The van der Waals surface area contributed by atoms with E-state index in [-0.39, 0.29) is 12.4 Å². The van der Waals surface area contributed by atoms with Gasteiger partial charge in [-0.1, -0.05) is 30.7 Å². The summed E-state index contributed by atoms with van der Waals surface area (Å²) in [5.74, 6) is 1.21. The zero-order chi connectivity index (χ0) is 11.8.